The van der Waals surface area contributed by atoms with Gasteiger partial charge in [-0.3, -0.25) is 9.78 Å². The van der Waals surface area contributed by atoms with E-state index in [9.17, 15) is 4.79 Å². The Kier molecular flexibility index (Phi) is 6.55. The molecule has 0 saturated heterocycles. The van der Waals surface area contributed by atoms with Crippen molar-refractivity contribution >= 4 is 17.5 Å². The topological polar surface area (TPSA) is 91.2 Å². The number of benzene rings is 2. The zero-order valence-corrected chi connectivity index (χ0v) is 19.1. The van der Waals surface area contributed by atoms with Gasteiger partial charge in [-0.15, -0.1) is 5.10 Å². The van der Waals surface area contributed by atoms with Crippen molar-refractivity contribution in [3.8, 4) is 28.4 Å². The third-order valence-electron chi connectivity index (χ3n) is 5.15. The number of ether oxygens (including phenoxy) is 2. The Morgan fingerprint density at radius 2 is 1.82 bits per heavy atom. The van der Waals surface area contributed by atoms with E-state index in [1.54, 1.807) is 55.6 Å². The van der Waals surface area contributed by atoms with Crippen molar-refractivity contribution in [1.82, 2.24) is 25.3 Å². The highest BCUT2D eigenvalue weighted by Gasteiger charge is 2.24. The van der Waals surface area contributed by atoms with Crippen LogP contribution >= 0.6 is 11.6 Å². The first-order valence-electron chi connectivity index (χ1n) is 10.2. The lowest BCUT2D eigenvalue weighted by Gasteiger charge is -2.16. The van der Waals surface area contributed by atoms with Gasteiger partial charge in [-0.2, -0.15) is 0 Å². The number of rotatable bonds is 7. The van der Waals surface area contributed by atoms with E-state index in [0.717, 1.165) is 11.3 Å². The summed E-state index contributed by atoms with van der Waals surface area (Å²) >= 11 is 6.03. The van der Waals surface area contributed by atoms with Crippen molar-refractivity contribution < 1.29 is 14.3 Å². The van der Waals surface area contributed by atoms with Crippen LogP contribution in [0, 0.1) is 0 Å². The molecule has 1 atom stereocenters. The molecule has 0 aliphatic rings. The number of carbonyl (C=O) groups excluding carboxylic acids is 1. The van der Waals surface area contributed by atoms with Crippen LogP contribution in [0.5, 0.6) is 11.5 Å². The number of hydrogen-bond acceptors (Lipinski definition) is 6. The summed E-state index contributed by atoms with van der Waals surface area (Å²) in [5.41, 5.74) is 3.00. The van der Waals surface area contributed by atoms with Gasteiger partial charge < -0.3 is 14.8 Å². The summed E-state index contributed by atoms with van der Waals surface area (Å²) in [6.45, 7) is 1.88. The van der Waals surface area contributed by atoms with Crippen LogP contribution in [0.1, 0.15) is 29.0 Å². The highest BCUT2D eigenvalue weighted by molar-refractivity contribution is 6.30. The van der Waals surface area contributed by atoms with E-state index in [0.29, 0.717) is 27.8 Å². The molecule has 0 saturated carbocycles. The third kappa shape index (κ3) is 4.65. The van der Waals surface area contributed by atoms with Crippen LogP contribution in [-0.2, 0) is 0 Å². The summed E-state index contributed by atoms with van der Waals surface area (Å²) in [4.78, 5) is 17.5. The Hall–Kier alpha value is -3.91. The molecule has 2 aromatic carbocycles. The maximum Gasteiger partial charge on any atom is 0.274 e. The smallest absolute Gasteiger partial charge is 0.274 e. The average molecular weight is 464 g/mol. The van der Waals surface area contributed by atoms with E-state index in [4.69, 9.17) is 21.1 Å². The number of carbonyl (C=O) groups is 1. The van der Waals surface area contributed by atoms with Gasteiger partial charge in [-0.05, 0) is 61.0 Å². The summed E-state index contributed by atoms with van der Waals surface area (Å²) in [5, 5.41) is 12.0. The Morgan fingerprint density at radius 3 is 2.48 bits per heavy atom. The molecular weight excluding hydrogens is 442 g/mol. The first kappa shape index (κ1) is 22.3. The molecule has 1 amide bonds. The Morgan fingerprint density at radius 1 is 1.06 bits per heavy atom. The number of pyridine rings is 1. The summed E-state index contributed by atoms with van der Waals surface area (Å²) in [6.07, 6.45) is 3.33. The van der Waals surface area contributed by atoms with E-state index in [2.05, 4.69) is 20.6 Å². The molecule has 4 rings (SSSR count). The summed E-state index contributed by atoms with van der Waals surface area (Å²) < 4.78 is 12.3. The highest BCUT2D eigenvalue weighted by Crippen LogP contribution is 2.30. The second-order valence-corrected chi connectivity index (χ2v) is 7.66. The van der Waals surface area contributed by atoms with Crippen LogP contribution in [0.25, 0.3) is 16.9 Å². The normalized spacial score (nSPS) is 11.6. The zero-order valence-electron chi connectivity index (χ0n) is 18.3. The van der Waals surface area contributed by atoms with Crippen molar-refractivity contribution in [2.75, 3.05) is 14.2 Å². The SMILES string of the molecule is COc1ccc([C@@H](C)NC(=O)c2nnn(-c3ccc(Cl)cc3)c2-c2cccnc2)cc1OC. The minimum absolute atomic E-state index is 0.185. The fourth-order valence-corrected chi connectivity index (χ4v) is 3.56. The van der Waals surface area contributed by atoms with Crippen LogP contribution in [0.3, 0.4) is 0 Å². The van der Waals surface area contributed by atoms with E-state index in [1.807, 2.05) is 37.3 Å². The summed E-state index contributed by atoms with van der Waals surface area (Å²) in [5.74, 6) is 0.835. The third-order valence-corrected chi connectivity index (χ3v) is 5.40. The molecule has 4 aromatic rings. The van der Waals surface area contributed by atoms with Gasteiger partial charge in [0.15, 0.2) is 17.2 Å². The van der Waals surface area contributed by atoms with Gasteiger partial charge in [-0.25, -0.2) is 4.68 Å². The fraction of sp³-hybridized carbons (Fsp3) is 0.167. The second-order valence-electron chi connectivity index (χ2n) is 7.23. The van der Waals surface area contributed by atoms with Crippen molar-refractivity contribution in [3.05, 3.63) is 83.3 Å². The molecule has 0 radical (unpaired) electrons. The van der Waals surface area contributed by atoms with Crippen molar-refractivity contribution in [2.24, 2.45) is 0 Å². The minimum atomic E-state index is -0.364. The van der Waals surface area contributed by atoms with Crippen LogP contribution in [0.2, 0.25) is 5.02 Å². The fourth-order valence-electron chi connectivity index (χ4n) is 3.43. The van der Waals surface area contributed by atoms with Gasteiger partial charge >= 0.3 is 0 Å². The maximum absolute atomic E-state index is 13.3. The molecular formula is C24H22ClN5O3. The van der Waals surface area contributed by atoms with Gasteiger partial charge in [0.25, 0.3) is 5.91 Å². The monoisotopic (exact) mass is 463 g/mol. The van der Waals surface area contributed by atoms with Gasteiger partial charge in [0.2, 0.25) is 0 Å². The van der Waals surface area contributed by atoms with Crippen molar-refractivity contribution in [1.29, 1.82) is 0 Å². The molecule has 0 spiro atoms. The quantitative estimate of drug-likeness (QED) is 0.434. The predicted molar refractivity (Wildman–Crippen MR) is 125 cm³/mol. The highest BCUT2D eigenvalue weighted by atomic mass is 35.5. The predicted octanol–water partition coefficient (Wildman–Crippen LogP) is 4.49. The van der Waals surface area contributed by atoms with E-state index >= 15 is 0 Å². The Balaban J connectivity index is 1.68. The Labute approximate surface area is 196 Å². The first-order valence-corrected chi connectivity index (χ1v) is 10.5. The first-order chi connectivity index (χ1) is 16.0. The van der Waals surface area contributed by atoms with E-state index < -0.39 is 0 Å². The summed E-state index contributed by atoms with van der Waals surface area (Å²) in [7, 11) is 3.15. The Bertz CT molecular complexity index is 1260. The molecule has 9 heteroatoms. The maximum atomic E-state index is 13.3. The molecule has 0 bridgehead atoms. The lowest BCUT2D eigenvalue weighted by Crippen LogP contribution is -2.27. The van der Waals surface area contributed by atoms with Gasteiger partial charge in [0.1, 0.15) is 5.69 Å². The minimum Gasteiger partial charge on any atom is -0.493 e. The number of nitrogens with one attached hydrogen (secondary N) is 1. The lowest BCUT2D eigenvalue weighted by atomic mass is 10.1. The van der Waals surface area contributed by atoms with Crippen molar-refractivity contribution in [2.45, 2.75) is 13.0 Å². The number of aromatic nitrogens is 4. The van der Waals surface area contributed by atoms with Crippen LogP contribution in [-0.4, -0.2) is 40.1 Å². The standard InChI is InChI=1S/C24H22ClN5O3/c1-15(16-6-11-20(32-2)21(13-16)33-3)27-24(31)22-23(17-5-4-12-26-14-17)30(29-28-22)19-9-7-18(25)8-10-19/h4-15H,1-3H3,(H,27,31)/t15-/m1/s1. The molecule has 168 valence electrons. The summed E-state index contributed by atoms with van der Waals surface area (Å²) in [6, 6.07) is 16.0. The van der Waals surface area contributed by atoms with Crippen LogP contribution in [0.15, 0.2) is 67.0 Å². The van der Waals surface area contributed by atoms with E-state index in [-0.39, 0.29) is 17.6 Å². The zero-order chi connectivity index (χ0) is 23.4. The number of halogens is 1. The number of methoxy groups -OCH3 is 2. The van der Waals surface area contributed by atoms with Gasteiger partial charge in [0.05, 0.1) is 25.9 Å². The lowest BCUT2D eigenvalue weighted by molar-refractivity contribution is 0.0935. The molecule has 8 nitrogen and oxygen atoms in total. The van der Waals surface area contributed by atoms with Crippen LogP contribution in [0.4, 0.5) is 0 Å². The van der Waals surface area contributed by atoms with Crippen molar-refractivity contribution in [3.63, 3.8) is 0 Å². The molecule has 0 unspecified atom stereocenters. The van der Waals surface area contributed by atoms with Gasteiger partial charge in [-0.1, -0.05) is 22.9 Å². The average Bonchev–Trinajstić information content (AvgIpc) is 3.30. The largest absolute Gasteiger partial charge is 0.493 e. The second kappa shape index (κ2) is 9.70. The molecule has 1 N–H and O–H groups in total. The molecule has 0 fully saturated rings. The molecule has 2 aromatic heterocycles. The van der Waals surface area contributed by atoms with Gasteiger partial charge in [0, 0.05) is 23.0 Å². The number of nitrogens with zero attached hydrogens (tertiary/aromatic N) is 4. The molecule has 0 aliphatic heterocycles. The number of hydrogen-bond donors (Lipinski definition) is 1. The molecule has 33 heavy (non-hydrogen) atoms. The van der Waals surface area contributed by atoms with Crippen LogP contribution < -0.4 is 14.8 Å². The molecule has 0 aliphatic carbocycles. The molecule has 2 heterocycles. The number of amides is 1. The van der Waals surface area contributed by atoms with E-state index in [1.165, 1.54) is 0 Å².